The molecule has 2 N–H and O–H groups in total. The molecule has 0 bridgehead atoms. The number of nitrogens with zero attached hydrogens (tertiary/aromatic N) is 2. The van der Waals surface area contributed by atoms with E-state index in [4.69, 9.17) is 0 Å². The molecule has 0 saturated carbocycles. The predicted molar refractivity (Wildman–Crippen MR) is 56.7 cm³/mol. The van der Waals surface area contributed by atoms with Gasteiger partial charge in [-0.3, -0.25) is 19.8 Å². The Balaban J connectivity index is 2.57. The molecule has 1 aliphatic rings. The van der Waals surface area contributed by atoms with E-state index in [-0.39, 0.29) is 30.9 Å². The minimum atomic E-state index is -0.523. The maximum atomic E-state index is 11.7. The summed E-state index contributed by atoms with van der Waals surface area (Å²) in [6, 6.07) is -0.854. The minimum Gasteiger partial charge on any atom is -0.358 e. The molecular weight excluding hydrogens is 212 g/mol. The average molecular weight is 228 g/mol. The standard InChI is InChI=1S/C9H16N4O3/c1-10-7(14)4-11-6-5-12(2)9(16)13(3)8(6)15/h6,11H,4-5H2,1-3H3,(H,10,14). The van der Waals surface area contributed by atoms with Crippen molar-refractivity contribution in [3.63, 3.8) is 0 Å². The van der Waals surface area contributed by atoms with Gasteiger partial charge in [-0.25, -0.2) is 4.79 Å². The number of urea groups is 1. The number of imide groups is 1. The number of nitrogens with one attached hydrogen (secondary N) is 2. The Morgan fingerprint density at radius 3 is 2.62 bits per heavy atom. The van der Waals surface area contributed by atoms with Crippen LogP contribution in [0, 0.1) is 0 Å². The predicted octanol–water partition coefficient (Wildman–Crippen LogP) is -1.79. The summed E-state index contributed by atoms with van der Waals surface area (Å²) in [7, 11) is 4.56. The molecule has 1 fully saturated rings. The van der Waals surface area contributed by atoms with E-state index >= 15 is 0 Å². The van der Waals surface area contributed by atoms with Gasteiger partial charge in [0.25, 0.3) is 0 Å². The van der Waals surface area contributed by atoms with E-state index in [0.29, 0.717) is 0 Å². The number of carbonyl (C=O) groups is 3. The maximum absolute atomic E-state index is 11.7. The first kappa shape index (κ1) is 12.4. The van der Waals surface area contributed by atoms with Crippen molar-refractivity contribution in [3.8, 4) is 0 Å². The Bertz CT molecular complexity index is 318. The summed E-state index contributed by atoms with van der Waals surface area (Å²) in [5, 5.41) is 5.25. The fraction of sp³-hybridized carbons (Fsp3) is 0.667. The van der Waals surface area contributed by atoms with Crippen LogP contribution in [0.3, 0.4) is 0 Å². The largest absolute Gasteiger partial charge is 0.358 e. The summed E-state index contributed by atoms with van der Waals surface area (Å²) < 4.78 is 0. The van der Waals surface area contributed by atoms with Crippen molar-refractivity contribution in [1.29, 1.82) is 0 Å². The van der Waals surface area contributed by atoms with Gasteiger partial charge < -0.3 is 10.2 Å². The van der Waals surface area contributed by atoms with E-state index in [1.54, 1.807) is 7.05 Å². The first-order valence-corrected chi connectivity index (χ1v) is 4.94. The number of hydrogen-bond acceptors (Lipinski definition) is 4. The summed E-state index contributed by atoms with van der Waals surface area (Å²) in [5.41, 5.74) is 0. The molecule has 0 aromatic carbocycles. The number of rotatable bonds is 3. The lowest BCUT2D eigenvalue weighted by Gasteiger charge is -2.34. The maximum Gasteiger partial charge on any atom is 0.326 e. The lowest BCUT2D eigenvalue weighted by Crippen LogP contribution is -2.61. The molecule has 0 radical (unpaired) electrons. The zero-order chi connectivity index (χ0) is 12.3. The van der Waals surface area contributed by atoms with Crippen LogP contribution in [-0.4, -0.2) is 67.9 Å². The van der Waals surface area contributed by atoms with Gasteiger partial charge in [-0.15, -0.1) is 0 Å². The van der Waals surface area contributed by atoms with E-state index < -0.39 is 6.04 Å². The highest BCUT2D eigenvalue weighted by molar-refractivity contribution is 5.99. The Morgan fingerprint density at radius 2 is 2.06 bits per heavy atom. The molecule has 0 aliphatic carbocycles. The van der Waals surface area contributed by atoms with E-state index in [2.05, 4.69) is 10.6 Å². The molecule has 1 aliphatic heterocycles. The van der Waals surface area contributed by atoms with Crippen molar-refractivity contribution in [1.82, 2.24) is 20.4 Å². The molecule has 7 nitrogen and oxygen atoms in total. The Hall–Kier alpha value is -1.63. The van der Waals surface area contributed by atoms with Crippen LogP contribution in [0.5, 0.6) is 0 Å². The summed E-state index contributed by atoms with van der Waals surface area (Å²) in [6.45, 7) is 0.335. The molecule has 0 aromatic rings. The quantitative estimate of drug-likeness (QED) is 0.598. The molecule has 1 rings (SSSR count). The molecule has 1 heterocycles. The topological polar surface area (TPSA) is 81.8 Å². The number of hydrogen-bond donors (Lipinski definition) is 2. The number of likely N-dealkylation sites (N-methyl/N-ethyl adjacent to an activating group) is 3. The van der Waals surface area contributed by atoms with Crippen LogP contribution >= 0.6 is 0 Å². The van der Waals surface area contributed by atoms with Crippen LogP contribution in [-0.2, 0) is 9.59 Å². The molecule has 4 amide bonds. The second kappa shape index (κ2) is 4.93. The third-order valence-corrected chi connectivity index (χ3v) is 2.49. The lowest BCUT2D eigenvalue weighted by atomic mass is 10.2. The molecule has 0 aromatic heterocycles. The Morgan fingerprint density at radius 1 is 1.44 bits per heavy atom. The van der Waals surface area contributed by atoms with Crippen molar-refractivity contribution < 1.29 is 14.4 Å². The van der Waals surface area contributed by atoms with E-state index in [1.165, 1.54) is 19.0 Å². The molecule has 1 unspecified atom stereocenters. The molecule has 90 valence electrons. The second-order valence-electron chi connectivity index (χ2n) is 3.67. The van der Waals surface area contributed by atoms with E-state index in [0.717, 1.165) is 4.90 Å². The molecule has 16 heavy (non-hydrogen) atoms. The van der Waals surface area contributed by atoms with Crippen molar-refractivity contribution in [2.75, 3.05) is 34.2 Å². The first-order chi connectivity index (χ1) is 7.47. The van der Waals surface area contributed by atoms with Crippen molar-refractivity contribution in [2.45, 2.75) is 6.04 Å². The van der Waals surface area contributed by atoms with Gasteiger partial charge in [0.1, 0.15) is 6.04 Å². The third kappa shape index (κ3) is 2.48. The van der Waals surface area contributed by atoms with Crippen LogP contribution in [0.1, 0.15) is 0 Å². The van der Waals surface area contributed by atoms with Gasteiger partial charge in [0.15, 0.2) is 0 Å². The van der Waals surface area contributed by atoms with E-state index in [9.17, 15) is 14.4 Å². The Kier molecular flexibility index (Phi) is 3.83. The van der Waals surface area contributed by atoms with Crippen molar-refractivity contribution in [3.05, 3.63) is 0 Å². The third-order valence-electron chi connectivity index (χ3n) is 2.49. The van der Waals surface area contributed by atoms with Crippen LogP contribution in [0.15, 0.2) is 0 Å². The zero-order valence-electron chi connectivity index (χ0n) is 9.61. The lowest BCUT2D eigenvalue weighted by molar-refractivity contribution is -0.132. The number of amides is 4. The molecule has 7 heteroatoms. The molecular formula is C9H16N4O3. The van der Waals surface area contributed by atoms with Gasteiger partial charge in [0.2, 0.25) is 11.8 Å². The molecule has 0 spiro atoms. The summed E-state index contributed by atoms with van der Waals surface area (Å²) >= 11 is 0. The summed E-state index contributed by atoms with van der Waals surface area (Å²) in [4.78, 5) is 36.6. The van der Waals surface area contributed by atoms with E-state index in [1.807, 2.05) is 0 Å². The first-order valence-electron chi connectivity index (χ1n) is 4.94. The van der Waals surface area contributed by atoms with Gasteiger partial charge >= 0.3 is 6.03 Å². The fourth-order valence-corrected chi connectivity index (χ4v) is 1.47. The minimum absolute atomic E-state index is 0.0583. The van der Waals surface area contributed by atoms with Crippen LogP contribution in [0.25, 0.3) is 0 Å². The van der Waals surface area contributed by atoms with Gasteiger partial charge in [-0.05, 0) is 0 Å². The van der Waals surface area contributed by atoms with Gasteiger partial charge in [-0.1, -0.05) is 0 Å². The van der Waals surface area contributed by atoms with Crippen LogP contribution in [0.4, 0.5) is 4.79 Å². The number of carbonyl (C=O) groups excluding carboxylic acids is 3. The van der Waals surface area contributed by atoms with Gasteiger partial charge in [0, 0.05) is 27.7 Å². The average Bonchev–Trinajstić information content (AvgIpc) is 2.28. The highest BCUT2D eigenvalue weighted by Crippen LogP contribution is 2.06. The second-order valence-corrected chi connectivity index (χ2v) is 3.67. The van der Waals surface area contributed by atoms with Crippen LogP contribution < -0.4 is 10.6 Å². The van der Waals surface area contributed by atoms with Crippen molar-refractivity contribution in [2.24, 2.45) is 0 Å². The molecule has 1 atom stereocenters. The van der Waals surface area contributed by atoms with Crippen LogP contribution in [0.2, 0.25) is 0 Å². The zero-order valence-corrected chi connectivity index (χ0v) is 9.61. The smallest absolute Gasteiger partial charge is 0.326 e. The van der Waals surface area contributed by atoms with Crippen molar-refractivity contribution >= 4 is 17.8 Å². The summed E-state index contributed by atoms with van der Waals surface area (Å²) in [5.74, 6) is -0.512. The Labute approximate surface area is 93.8 Å². The highest BCUT2D eigenvalue weighted by atomic mass is 16.2. The highest BCUT2D eigenvalue weighted by Gasteiger charge is 2.34. The molecule has 1 saturated heterocycles. The fourth-order valence-electron chi connectivity index (χ4n) is 1.47. The summed E-state index contributed by atoms with van der Waals surface area (Å²) in [6.07, 6.45) is 0. The normalized spacial score (nSPS) is 21.3. The monoisotopic (exact) mass is 228 g/mol. The van der Waals surface area contributed by atoms with Gasteiger partial charge in [0.05, 0.1) is 6.54 Å². The SMILES string of the molecule is CNC(=O)CNC1CN(C)C(=O)N(C)C1=O. The van der Waals surface area contributed by atoms with Gasteiger partial charge in [-0.2, -0.15) is 0 Å².